The molecule has 36 heavy (non-hydrogen) atoms. The maximum atomic E-state index is 4.19. The number of halogens is 4. The largest absolute Gasteiger partial charge is 4.00 e. The molecule has 0 unspecified atom stereocenters. The zero-order chi connectivity index (χ0) is 21.6. The predicted octanol–water partition coefficient (Wildman–Crippen LogP) is -6.65. The number of aromatic nitrogens is 6. The fourth-order valence-corrected chi connectivity index (χ4v) is 2.45. The summed E-state index contributed by atoms with van der Waals surface area (Å²) in [7, 11) is 0. The first-order chi connectivity index (χ1) is 15.4. The van der Waals surface area contributed by atoms with Crippen LogP contribution in [0.2, 0.25) is 0 Å². The fourth-order valence-electron chi connectivity index (χ4n) is 2.45. The van der Waals surface area contributed by atoms with Crippen molar-refractivity contribution >= 4 is 6.08 Å². The second-order valence-corrected chi connectivity index (χ2v) is 6.04. The van der Waals surface area contributed by atoms with E-state index >= 15 is 0 Å². The summed E-state index contributed by atoms with van der Waals surface area (Å²) in [6, 6.07) is 23.2. The molecule has 5 aromatic rings. The monoisotopic (exact) mass is 738 g/mol. The van der Waals surface area contributed by atoms with E-state index in [2.05, 4.69) is 36.5 Å². The van der Waals surface area contributed by atoms with Crippen LogP contribution in [0.25, 0.3) is 28.9 Å². The van der Waals surface area contributed by atoms with Gasteiger partial charge in [0, 0.05) is 37.2 Å². The molecule has 0 fully saturated rings. The topological polar surface area (TPSA) is 80.2 Å². The number of H-pyrrole nitrogens is 1. The molecule has 1 N–H and O–H groups in total. The molecule has 0 radical (unpaired) electrons. The number of hydrogen-bond acceptors (Lipinski definition) is 5. The van der Waals surface area contributed by atoms with E-state index in [-0.39, 0.29) is 69.4 Å². The van der Waals surface area contributed by atoms with Crippen LogP contribution in [0.4, 0.5) is 0 Å². The van der Waals surface area contributed by atoms with Gasteiger partial charge in [-0.2, -0.15) is 0 Å². The molecule has 11 heteroatoms. The quantitative estimate of drug-likeness (QED) is 0.200. The van der Waals surface area contributed by atoms with Gasteiger partial charge in [-0.15, -0.1) is 0 Å². The molecule has 6 nitrogen and oxygen atoms in total. The molecule has 5 rings (SSSR count). The molecule has 0 aromatic carbocycles. The summed E-state index contributed by atoms with van der Waals surface area (Å²) in [6.07, 6.45) is 12.2. The predicted molar refractivity (Wildman–Crippen MR) is 124 cm³/mol. The van der Waals surface area contributed by atoms with Gasteiger partial charge >= 0.3 is 19.8 Å². The molecule has 0 aliphatic carbocycles. The van der Waals surface area contributed by atoms with Crippen molar-refractivity contribution < 1.29 is 69.4 Å². The summed E-state index contributed by atoms with van der Waals surface area (Å²) in [5, 5.41) is 0. The van der Waals surface area contributed by atoms with E-state index in [0.717, 1.165) is 28.6 Å². The van der Waals surface area contributed by atoms with Gasteiger partial charge in [0.1, 0.15) is 5.82 Å². The summed E-state index contributed by atoms with van der Waals surface area (Å²) in [6.45, 7) is 3.51. The minimum Gasteiger partial charge on any atom is -1.00 e. The summed E-state index contributed by atoms with van der Waals surface area (Å²) in [5.74, 6) is 0.819. The smallest absolute Gasteiger partial charge is 1.00 e. The van der Waals surface area contributed by atoms with Crippen LogP contribution in [0.5, 0.6) is 0 Å². The van der Waals surface area contributed by atoms with E-state index in [1.807, 2.05) is 72.8 Å². The molecule has 0 aliphatic heterocycles. The van der Waals surface area contributed by atoms with Crippen LogP contribution in [0.3, 0.4) is 0 Å². The summed E-state index contributed by atoms with van der Waals surface area (Å²) in [5.41, 5.74) is 3.66. The summed E-state index contributed by atoms with van der Waals surface area (Å²) in [4.78, 5) is 23.5. The Morgan fingerprint density at radius 2 is 0.833 bits per heavy atom. The summed E-state index contributed by atoms with van der Waals surface area (Å²) < 4.78 is 0. The van der Waals surface area contributed by atoms with Crippen LogP contribution in [0.15, 0.2) is 117 Å². The zero-order valence-electron chi connectivity index (χ0n) is 18.8. The van der Waals surface area contributed by atoms with Gasteiger partial charge in [0.2, 0.25) is 0 Å². The zero-order valence-corrected chi connectivity index (χ0v) is 24.3. The Balaban J connectivity index is -0.000000437. The number of rotatable bonds is 3. The molecule has 188 valence electrons. The third-order valence-corrected chi connectivity index (χ3v) is 3.90. The number of hydrogen-bond donors (Lipinski definition) is 1. The van der Waals surface area contributed by atoms with Crippen molar-refractivity contribution in [3.05, 3.63) is 122 Å². The first kappa shape index (κ1) is 37.9. The molecule has 5 aromatic heterocycles. The van der Waals surface area contributed by atoms with E-state index in [1.165, 1.54) is 0 Å². The Kier molecular flexibility index (Phi) is 24.0. The van der Waals surface area contributed by atoms with Crippen molar-refractivity contribution in [2.45, 2.75) is 0 Å². The van der Waals surface area contributed by atoms with Gasteiger partial charge in [-0.1, -0.05) is 30.8 Å². The first-order valence-electron chi connectivity index (χ1n) is 9.63. The molecule has 0 spiro atoms. The van der Waals surface area contributed by atoms with Crippen molar-refractivity contribution in [1.82, 2.24) is 29.9 Å². The second kappa shape index (κ2) is 22.8. The van der Waals surface area contributed by atoms with Crippen LogP contribution in [-0.4, -0.2) is 29.9 Å². The van der Waals surface area contributed by atoms with Gasteiger partial charge in [0.15, 0.2) is 0 Å². The van der Waals surface area contributed by atoms with Crippen LogP contribution in [0.1, 0.15) is 5.82 Å². The minimum absolute atomic E-state index is 0. The third-order valence-electron chi connectivity index (χ3n) is 3.90. The van der Waals surface area contributed by atoms with E-state index in [4.69, 9.17) is 0 Å². The molecule has 5 heterocycles. The molecule has 0 amide bonds. The Labute approximate surface area is 249 Å². The van der Waals surface area contributed by atoms with E-state index in [0.29, 0.717) is 0 Å². The maximum Gasteiger partial charge on any atom is 4.00 e. The third kappa shape index (κ3) is 13.4. The number of nitrogens with zero attached hydrogens (tertiary/aromatic N) is 5. The van der Waals surface area contributed by atoms with Crippen molar-refractivity contribution in [3.8, 4) is 22.8 Å². The van der Waals surface area contributed by atoms with Crippen LogP contribution < -0.4 is 49.6 Å². The van der Waals surface area contributed by atoms with Crippen molar-refractivity contribution in [1.29, 1.82) is 0 Å². The molecule has 0 aliphatic rings. The number of pyridine rings is 4. The van der Waals surface area contributed by atoms with Gasteiger partial charge in [0.05, 0.1) is 22.8 Å². The number of imidazole rings is 1. The van der Waals surface area contributed by atoms with Gasteiger partial charge in [0.25, 0.3) is 0 Å². The number of nitrogens with one attached hydrogen (secondary N) is 1. The summed E-state index contributed by atoms with van der Waals surface area (Å²) >= 11 is 0. The molecule has 0 saturated heterocycles. The minimum atomic E-state index is 0. The average molecular weight is 739 g/mol. The van der Waals surface area contributed by atoms with E-state index in [9.17, 15) is 0 Å². The SMILES string of the molecule is C=Cc1ncc[nH]1.[Cl-].[Cl-].[Cl-].[Cl-].[Os+4].c1ccc(-c2ccccn2)nc1.c1ccc(-c2ccccn2)nc1. The Hall–Kier alpha value is -2.65. The molecule has 0 bridgehead atoms. The first-order valence-corrected chi connectivity index (χ1v) is 9.63. The van der Waals surface area contributed by atoms with Crippen LogP contribution in [-0.2, 0) is 19.8 Å². The molecular weight excluding hydrogens is 716 g/mol. The van der Waals surface area contributed by atoms with Gasteiger partial charge in [-0.25, -0.2) is 4.98 Å². The van der Waals surface area contributed by atoms with Gasteiger partial charge in [-0.05, 0) is 54.6 Å². The standard InChI is InChI=1S/2C10H8N2.C5H6N2.4ClH.Os/c2*1-3-7-11-9(5-1)10-6-2-4-8-12-10;1-2-5-6-3-4-7-5;;;;;/h2*1-8H;2-4H,1H2,(H,6,7);4*1H;/q;;;;;;;+4/p-4. The molecule has 0 saturated carbocycles. The number of aromatic amines is 1. The Bertz CT molecular complexity index is 989. The molecular formula is C25H22Cl4N6Os. The maximum absolute atomic E-state index is 4.19. The van der Waals surface area contributed by atoms with E-state index in [1.54, 1.807) is 43.3 Å². The van der Waals surface area contributed by atoms with Crippen LogP contribution in [0, 0.1) is 0 Å². The average Bonchev–Trinajstić information content (AvgIpc) is 3.41. The molecule has 0 atom stereocenters. The Morgan fingerprint density at radius 1 is 0.500 bits per heavy atom. The van der Waals surface area contributed by atoms with Crippen LogP contribution >= 0.6 is 0 Å². The Morgan fingerprint density at radius 3 is 1.00 bits per heavy atom. The van der Waals surface area contributed by atoms with Gasteiger partial charge in [-0.3, -0.25) is 19.9 Å². The normalized spacial score (nSPS) is 8.11. The fraction of sp³-hybridized carbons (Fsp3) is 0. The van der Waals surface area contributed by atoms with Crippen molar-refractivity contribution in [2.24, 2.45) is 0 Å². The van der Waals surface area contributed by atoms with Gasteiger partial charge < -0.3 is 54.6 Å². The van der Waals surface area contributed by atoms with Crippen molar-refractivity contribution in [3.63, 3.8) is 0 Å². The van der Waals surface area contributed by atoms with Crippen molar-refractivity contribution in [2.75, 3.05) is 0 Å². The second-order valence-electron chi connectivity index (χ2n) is 6.04. The van der Waals surface area contributed by atoms with E-state index < -0.39 is 0 Å².